The Balaban J connectivity index is 1.80. The minimum atomic E-state index is 0.0736. The highest BCUT2D eigenvalue weighted by Crippen LogP contribution is 2.24. The molecule has 0 spiro atoms. The Kier molecular flexibility index (Phi) is 6.23. The van der Waals surface area contributed by atoms with Crippen molar-refractivity contribution in [3.05, 3.63) is 35.4 Å². The van der Waals surface area contributed by atoms with Gasteiger partial charge in [0.15, 0.2) is 0 Å². The molecule has 0 bridgehead atoms. The SMILES string of the molecule is CC(NC(=O)CCC1CCNCC1)c1ccc(C(C)(C)C)cc1. The van der Waals surface area contributed by atoms with Gasteiger partial charge in [0.25, 0.3) is 0 Å². The first-order chi connectivity index (χ1) is 10.9. The zero-order valence-electron chi connectivity index (χ0n) is 15.1. The summed E-state index contributed by atoms with van der Waals surface area (Å²) in [5, 5.41) is 6.51. The summed E-state index contributed by atoms with van der Waals surface area (Å²) >= 11 is 0. The second-order valence-corrected chi connectivity index (χ2v) is 7.89. The molecule has 1 heterocycles. The van der Waals surface area contributed by atoms with Crippen LogP contribution in [-0.2, 0) is 10.2 Å². The van der Waals surface area contributed by atoms with Crippen molar-refractivity contribution < 1.29 is 4.79 Å². The summed E-state index contributed by atoms with van der Waals surface area (Å²) in [6, 6.07) is 8.70. The predicted molar refractivity (Wildman–Crippen MR) is 96.5 cm³/mol. The second kappa shape index (κ2) is 7.96. The lowest BCUT2D eigenvalue weighted by molar-refractivity contribution is -0.122. The summed E-state index contributed by atoms with van der Waals surface area (Å²) in [4.78, 5) is 12.2. The van der Waals surface area contributed by atoms with E-state index >= 15 is 0 Å². The van der Waals surface area contributed by atoms with E-state index in [0.717, 1.165) is 19.5 Å². The van der Waals surface area contributed by atoms with E-state index in [1.165, 1.54) is 24.0 Å². The molecule has 1 aromatic rings. The highest BCUT2D eigenvalue weighted by atomic mass is 16.1. The Bertz CT molecular complexity index is 495. The minimum absolute atomic E-state index is 0.0736. The molecule has 1 fully saturated rings. The van der Waals surface area contributed by atoms with Gasteiger partial charge < -0.3 is 10.6 Å². The molecular weight excluding hydrogens is 284 g/mol. The van der Waals surface area contributed by atoms with E-state index in [4.69, 9.17) is 0 Å². The molecule has 0 aliphatic carbocycles. The minimum Gasteiger partial charge on any atom is -0.350 e. The molecule has 2 rings (SSSR count). The van der Waals surface area contributed by atoms with Crippen LogP contribution < -0.4 is 10.6 Å². The smallest absolute Gasteiger partial charge is 0.220 e. The van der Waals surface area contributed by atoms with Crippen molar-refractivity contribution >= 4 is 5.91 Å². The Hall–Kier alpha value is -1.35. The first kappa shape index (κ1) is 18.0. The quantitative estimate of drug-likeness (QED) is 0.864. The van der Waals surface area contributed by atoms with E-state index in [9.17, 15) is 4.79 Å². The first-order valence-corrected chi connectivity index (χ1v) is 8.97. The zero-order chi connectivity index (χ0) is 16.9. The van der Waals surface area contributed by atoms with Gasteiger partial charge in [-0.1, -0.05) is 45.0 Å². The maximum atomic E-state index is 12.2. The van der Waals surface area contributed by atoms with E-state index in [2.05, 4.69) is 62.6 Å². The fraction of sp³-hybridized carbons (Fsp3) is 0.650. The topological polar surface area (TPSA) is 41.1 Å². The fourth-order valence-corrected chi connectivity index (χ4v) is 3.17. The third-order valence-electron chi connectivity index (χ3n) is 4.89. The molecule has 3 heteroatoms. The van der Waals surface area contributed by atoms with Gasteiger partial charge in [-0.3, -0.25) is 4.79 Å². The van der Waals surface area contributed by atoms with E-state index in [-0.39, 0.29) is 17.4 Å². The van der Waals surface area contributed by atoms with Crippen molar-refractivity contribution in [2.24, 2.45) is 5.92 Å². The van der Waals surface area contributed by atoms with Gasteiger partial charge in [0.1, 0.15) is 0 Å². The van der Waals surface area contributed by atoms with Crippen LogP contribution >= 0.6 is 0 Å². The molecule has 0 aromatic heterocycles. The molecule has 1 aliphatic heterocycles. The summed E-state index contributed by atoms with van der Waals surface area (Å²) in [7, 11) is 0. The van der Waals surface area contributed by atoms with Crippen LogP contribution in [0.15, 0.2) is 24.3 Å². The number of piperidine rings is 1. The van der Waals surface area contributed by atoms with Crippen LogP contribution in [0.2, 0.25) is 0 Å². The van der Waals surface area contributed by atoms with E-state index in [0.29, 0.717) is 12.3 Å². The van der Waals surface area contributed by atoms with Crippen molar-refractivity contribution in [3.8, 4) is 0 Å². The molecule has 1 amide bonds. The number of nitrogens with one attached hydrogen (secondary N) is 2. The molecule has 1 saturated heterocycles. The van der Waals surface area contributed by atoms with Gasteiger partial charge in [-0.05, 0) is 61.7 Å². The highest BCUT2D eigenvalue weighted by molar-refractivity contribution is 5.76. The molecule has 1 aliphatic rings. The van der Waals surface area contributed by atoms with Crippen LogP contribution in [0.1, 0.15) is 70.5 Å². The van der Waals surface area contributed by atoms with Crippen LogP contribution in [0, 0.1) is 5.92 Å². The van der Waals surface area contributed by atoms with Crippen LogP contribution in [0.3, 0.4) is 0 Å². The molecule has 128 valence electrons. The average molecular weight is 316 g/mol. The summed E-state index contributed by atoms with van der Waals surface area (Å²) < 4.78 is 0. The molecule has 1 unspecified atom stereocenters. The van der Waals surface area contributed by atoms with Crippen LogP contribution in [-0.4, -0.2) is 19.0 Å². The largest absolute Gasteiger partial charge is 0.350 e. The summed E-state index contributed by atoms with van der Waals surface area (Å²) in [5.41, 5.74) is 2.67. The first-order valence-electron chi connectivity index (χ1n) is 8.97. The van der Waals surface area contributed by atoms with E-state index in [1.807, 2.05) is 0 Å². The second-order valence-electron chi connectivity index (χ2n) is 7.89. The van der Waals surface area contributed by atoms with E-state index < -0.39 is 0 Å². The van der Waals surface area contributed by atoms with Gasteiger partial charge in [-0.25, -0.2) is 0 Å². The van der Waals surface area contributed by atoms with Crippen molar-refractivity contribution in [1.82, 2.24) is 10.6 Å². The Labute approximate surface area is 141 Å². The number of rotatable bonds is 5. The van der Waals surface area contributed by atoms with Crippen molar-refractivity contribution in [3.63, 3.8) is 0 Å². The van der Waals surface area contributed by atoms with Crippen LogP contribution in [0.5, 0.6) is 0 Å². The normalized spacial score (nSPS) is 17.7. The molecule has 0 radical (unpaired) electrons. The standard InChI is InChI=1S/C20H32N2O/c1-15(17-6-8-18(9-7-17)20(2,3)4)22-19(23)10-5-16-11-13-21-14-12-16/h6-9,15-16,21H,5,10-14H2,1-4H3,(H,22,23). The number of carbonyl (C=O) groups excluding carboxylic acids is 1. The van der Waals surface area contributed by atoms with Crippen molar-refractivity contribution in [2.45, 2.75) is 64.8 Å². The van der Waals surface area contributed by atoms with Gasteiger partial charge >= 0.3 is 0 Å². The van der Waals surface area contributed by atoms with Gasteiger partial charge in [0, 0.05) is 6.42 Å². The Morgan fingerprint density at radius 1 is 1.22 bits per heavy atom. The molecule has 1 aromatic carbocycles. The third-order valence-corrected chi connectivity index (χ3v) is 4.89. The summed E-state index contributed by atoms with van der Waals surface area (Å²) in [6.45, 7) is 10.9. The van der Waals surface area contributed by atoms with Crippen LogP contribution in [0.25, 0.3) is 0 Å². The van der Waals surface area contributed by atoms with Gasteiger partial charge in [-0.15, -0.1) is 0 Å². The lowest BCUT2D eigenvalue weighted by atomic mass is 9.86. The van der Waals surface area contributed by atoms with Crippen LogP contribution in [0.4, 0.5) is 0 Å². The van der Waals surface area contributed by atoms with Crippen molar-refractivity contribution in [1.29, 1.82) is 0 Å². The predicted octanol–water partition coefficient (Wildman–Crippen LogP) is 3.94. The van der Waals surface area contributed by atoms with Gasteiger partial charge in [-0.2, -0.15) is 0 Å². The summed E-state index contributed by atoms with van der Waals surface area (Å²) in [6.07, 6.45) is 4.08. The number of amides is 1. The average Bonchev–Trinajstić information content (AvgIpc) is 2.53. The summed E-state index contributed by atoms with van der Waals surface area (Å²) in [5.74, 6) is 0.888. The molecule has 2 N–H and O–H groups in total. The number of carbonyl (C=O) groups is 1. The molecule has 0 saturated carbocycles. The molecule has 23 heavy (non-hydrogen) atoms. The van der Waals surface area contributed by atoms with Crippen molar-refractivity contribution in [2.75, 3.05) is 13.1 Å². The number of hydrogen-bond donors (Lipinski definition) is 2. The lowest BCUT2D eigenvalue weighted by Crippen LogP contribution is -2.30. The fourth-order valence-electron chi connectivity index (χ4n) is 3.17. The van der Waals surface area contributed by atoms with E-state index in [1.54, 1.807) is 0 Å². The molecule has 3 nitrogen and oxygen atoms in total. The number of hydrogen-bond acceptors (Lipinski definition) is 2. The monoisotopic (exact) mass is 316 g/mol. The molecular formula is C20H32N2O. The maximum Gasteiger partial charge on any atom is 0.220 e. The molecule has 1 atom stereocenters. The van der Waals surface area contributed by atoms with Gasteiger partial charge in [0.2, 0.25) is 5.91 Å². The third kappa shape index (κ3) is 5.65. The van der Waals surface area contributed by atoms with Gasteiger partial charge in [0.05, 0.1) is 6.04 Å². The lowest BCUT2D eigenvalue weighted by Gasteiger charge is -2.23. The maximum absolute atomic E-state index is 12.2. The Morgan fingerprint density at radius 3 is 2.39 bits per heavy atom. The zero-order valence-corrected chi connectivity index (χ0v) is 15.1. The number of benzene rings is 1. The highest BCUT2D eigenvalue weighted by Gasteiger charge is 2.17. The Morgan fingerprint density at radius 2 is 1.83 bits per heavy atom.